The maximum atomic E-state index is 4.62. The van der Waals surface area contributed by atoms with Gasteiger partial charge in [-0.05, 0) is 86.1 Å². The number of rotatable bonds is 9. The Bertz CT molecular complexity index is 1170. The van der Waals surface area contributed by atoms with E-state index >= 15 is 0 Å². The Kier molecular flexibility index (Phi) is 7.87. The second-order valence-corrected chi connectivity index (χ2v) is 9.12. The largest absolute Gasteiger partial charge is 0.383 e. The van der Waals surface area contributed by atoms with Crippen LogP contribution in [0.5, 0.6) is 0 Å². The highest BCUT2D eigenvalue weighted by molar-refractivity contribution is 5.68. The minimum atomic E-state index is 0.452. The summed E-state index contributed by atoms with van der Waals surface area (Å²) in [6.07, 6.45) is 2.04. The number of anilines is 1. The van der Waals surface area contributed by atoms with Crippen molar-refractivity contribution in [1.29, 1.82) is 0 Å². The maximum Gasteiger partial charge on any atom is 0.109 e. The van der Waals surface area contributed by atoms with Gasteiger partial charge in [0.05, 0.1) is 11.4 Å². The molecule has 4 aromatic rings. The van der Waals surface area contributed by atoms with Gasteiger partial charge in [-0.3, -0.25) is 0 Å². The lowest BCUT2D eigenvalue weighted by Gasteiger charge is -2.20. The summed E-state index contributed by atoms with van der Waals surface area (Å²) in [5.74, 6) is 0.452. The van der Waals surface area contributed by atoms with E-state index in [2.05, 4.69) is 121 Å². The number of hydrogen-bond donors (Lipinski definition) is 1. The average molecular weight is 449 g/mol. The first-order chi connectivity index (χ1) is 16.6. The van der Waals surface area contributed by atoms with Crippen molar-refractivity contribution < 1.29 is 0 Å². The van der Waals surface area contributed by atoms with Crippen molar-refractivity contribution in [3.8, 4) is 0 Å². The van der Waals surface area contributed by atoms with Gasteiger partial charge in [-0.2, -0.15) is 5.11 Å². The lowest BCUT2D eigenvalue weighted by atomic mass is 9.92. The SMILES string of the molecule is Cc1ccc(N=[15N]c2cc(C)c(C)cc2NCC(Cc2ccccc2)Cc2ccccc2)cc1. The fourth-order valence-corrected chi connectivity index (χ4v) is 4.11. The van der Waals surface area contributed by atoms with Gasteiger partial charge in [-0.1, -0.05) is 78.4 Å². The standard InChI is InChI=1S/C31H33N3/c1-23-14-16-29(17-15-23)33-34-31-19-25(3)24(2)18-30(31)32-22-28(20-26-10-6-4-7-11-26)21-27-12-8-5-9-13-27/h4-19,28,32H,20-22H2,1-3H3/i34+1. The molecule has 4 rings (SSSR count). The van der Waals surface area contributed by atoms with Crippen molar-refractivity contribution in [3.63, 3.8) is 0 Å². The number of nitrogens with zero attached hydrogens (tertiary/aromatic N) is 2. The quantitative estimate of drug-likeness (QED) is 0.202. The van der Waals surface area contributed by atoms with Crippen LogP contribution >= 0.6 is 0 Å². The molecule has 0 aromatic heterocycles. The Morgan fingerprint density at radius 1 is 0.647 bits per heavy atom. The van der Waals surface area contributed by atoms with Crippen molar-refractivity contribution in [2.75, 3.05) is 11.9 Å². The Morgan fingerprint density at radius 3 is 1.79 bits per heavy atom. The van der Waals surface area contributed by atoms with Gasteiger partial charge in [0.2, 0.25) is 0 Å². The van der Waals surface area contributed by atoms with Crippen molar-refractivity contribution in [3.05, 3.63) is 125 Å². The first-order valence-electron chi connectivity index (χ1n) is 12.0. The summed E-state index contributed by atoms with van der Waals surface area (Å²) in [5.41, 5.74) is 9.19. The van der Waals surface area contributed by atoms with Gasteiger partial charge >= 0.3 is 0 Å². The zero-order valence-electron chi connectivity index (χ0n) is 20.3. The van der Waals surface area contributed by atoms with E-state index in [1.165, 1.54) is 27.8 Å². The van der Waals surface area contributed by atoms with Crippen LogP contribution in [0.1, 0.15) is 27.8 Å². The van der Waals surface area contributed by atoms with Crippen LogP contribution in [0.15, 0.2) is 107 Å². The van der Waals surface area contributed by atoms with Gasteiger partial charge in [0.15, 0.2) is 0 Å². The molecule has 1 N–H and O–H groups in total. The third kappa shape index (κ3) is 6.64. The van der Waals surface area contributed by atoms with Crippen LogP contribution in [0.3, 0.4) is 0 Å². The van der Waals surface area contributed by atoms with E-state index in [4.69, 9.17) is 0 Å². The third-order valence-electron chi connectivity index (χ3n) is 6.23. The molecular formula is C31H33N3. The van der Waals surface area contributed by atoms with Crippen LogP contribution in [0.2, 0.25) is 0 Å². The lowest BCUT2D eigenvalue weighted by Crippen LogP contribution is -2.19. The van der Waals surface area contributed by atoms with Crippen LogP contribution < -0.4 is 5.32 Å². The van der Waals surface area contributed by atoms with Crippen LogP contribution in [-0.2, 0) is 12.8 Å². The molecule has 0 bridgehead atoms. The summed E-state index contributed by atoms with van der Waals surface area (Å²) < 4.78 is 0. The van der Waals surface area contributed by atoms with Crippen molar-refractivity contribution in [1.82, 2.24) is 0 Å². The average Bonchev–Trinajstić information content (AvgIpc) is 2.85. The van der Waals surface area contributed by atoms with E-state index in [9.17, 15) is 0 Å². The molecule has 0 amide bonds. The molecule has 0 heterocycles. The maximum absolute atomic E-state index is 4.62. The number of azo groups is 1. The zero-order valence-corrected chi connectivity index (χ0v) is 20.3. The lowest BCUT2D eigenvalue weighted by molar-refractivity contribution is 0.549. The van der Waals surface area contributed by atoms with Gasteiger partial charge < -0.3 is 5.32 Å². The number of benzene rings is 4. The zero-order chi connectivity index (χ0) is 23.8. The molecule has 0 saturated carbocycles. The molecule has 0 unspecified atom stereocenters. The first kappa shape index (κ1) is 23.4. The molecule has 3 heteroatoms. The van der Waals surface area contributed by atoms with E-state index in [0.29, 0.717) is 5.92 Å². The predicted octanol–water partition coefficient (Wildman–Crippen LogP) is 8.54. The normalized spacial score (nSPS) is 11.3. The Labute approximate surface area is 203 Å². The van der Waals surface area contributed by atoms with E-state index in [-0.39, 0.29) is 0 Å². The molecule has 0 saturated heterocycles. The third-order valence-corrected chi connectivity index (χ3v) is 6.23. The summed E-state index contributed by atoms with van der Waals surface area (Å²) in [4.78, 5) is 0. The van der Waals surface area contributed by atoms with Crippen LogP contribution in [0.4, 0.5) is 17.1 Å². The molecule has 0 aliphatic rings. The fourth-order valence-electron chi connectivity index (χ4n) is 4.11. The Morgan fingerprint density at radius 2 is 1.21 bits per heavy atom. The van der Waals surface area contributed by atoms with E-state index < -0.39 is 0 Å². The van der Waals surface area contributed by atoms with Gasteiger partial charge in [-0.25, -0.2) is 0 Å². The van der Waals surface area contributed by atoms with Crippen LogP contribution in [0.25, 0.3) is 0 Å². The molecule has 34 heavy (non-hydrogen) atoms. The Balaban J connectivity index is 1.54. The predicted molar refractivity (Wildman–Crippen MR) is 144 cm³/mol. The minimum Gasteiger partial charge on any atom is -0.383 e. The monoisotopic (exact) mass is 448 g/mol. The number of nitrogens with one attached hydrogen (secondary N) is 1. The van der Waals surface area contributed by atoms with Crippen molar-refractivity contribution in [2.45, 2.75) is 33.6 Å². The second-order valence-electron chi connectivity index (χ2n) is 9.12. The summed E-state index contributed by atoms with van der Waals surface area (Å²) in [6.45, 7) is 7.21. The molecule has 172 valence electrons. The van der Waals surface area contributed by atoms with Gasteiger partial charge in [-0.15, -0.1) is 5.11 Å². The summed E-state index contributed by atoms with van der Waals surface area (Å²) in [5, 5.41) is 12.8. The highest BCUT2D eigenvalue weighted by atomic mass is 15.7. The van der Waals surface area contributed by atoms with E-state index in [0.717, 1.165) is 36.4 Å². The van der Waals surface area contributed by atoms with Gasteiger partial charge in [0.25, 0.3) is 0 Å². The molecule has 0 fully saturated rings. The molecule has 0 spiro atoms. The summed E-state index contributed by atoms with van der Waals surface area (Å²) >= 11 is 0. The van der Waals surface area contributed by atoms with E-state index in [1.54, 1.807) is 0 Å². The summed E-state index contributed by atoms with van der Waals surface area (Å²) in [6, 6.07) is 34.0. The molecule has 3 nitrogen and oxygen atoms in total. The highest BCUT2D eigenvalue weighted by Gasteiger charge is 2.13. The highest BCUT2D eigenvalue weighted by Crippen LogP contribution is 2.31. The topological polar surface area (TPSA) is 36.8 Å². The first-order valence-corrected chi connectivity index (χ1v) is 12.0. The smallest absolute Gasteiger partial charge is 0.109 e. The van der Waals surface area contributed by atoms with Gasteiger partial charge in [0, 0.05) is 6.54 Å². The van der Waals surface area contributed by atoms with Crippen LogP contribution in [0, 0.1) is 26.7 Å². The molecule has 0 aliphatic heterocycles. The minimum absolute atomic E-state index is 0.452. The molecule has 0 aliphatic carbocycles. The van der Waals surface area contributed by atoms with Gasteiger partial charge in [0.1, 0.15) is 5.69 Å². The molecule has 0 radical (unpaired) electrons. The number of aryl methyl sites for hydroxylation is 3. The fraction of sp³-hybridized carbons (Fsp3) is 0.226. The summed E-state index contributed by atoms with van der Waals surface area (Å²) in [7, 11) is 0. The van der Waals surface area contributed by atoms with Crippen molar-refractivity contribution >= 4 is 17.1 Å². The Hall–Kier alpha value is -3.72. The van der Waals surface area contributed by atoms with Crippen LogP contribution in [-0.4, -0.2) is 6.54 Å². The van der Waals surface area contributed by atoms with Crippen molar-refractivity contribution in [2.24, 2.45) is 16.1 Å². The molecule has 0 atom stereocenters. The molecule has 4 aromatic carbocycles. The van der Waals surface area contributed by atoms with E-state index in [1.807, 2.05) is 12.1 Å². The second kappa shape index (κ2) is 11.4. The number of hydrogen-bond acceptors (Lipinski definition) is 3. The molecular weight excluding hydrogens is 415 g/mol.